The van der Waals surface area contributed by atoms with Crippen LogP contribution in [0.3, 0.4) is 0 Å². The number of piperidine rings is 1. The van der Waals surface area contributed by atoms with E-state index in [1.165, 1.54) is 4.31 Å². The maximum Gasteiger partial charge on any atom is 0.279 e. The highest BCUT2D eigenvalue weighted by Crippen LogP contribution is 2.11. The predicted molar refractivity (Wildman–Crippen MR) is 58.6 cm³/mol. The molecule has 0 aromatic heterocycles. The topological polar surface area (TPSA) is 69.6 Å². The minimum Gasteiger partial charge on any atom is -0.396 e. The highest BCUT2D eigenvalue weighted by molar-refractivity contribution is 7.87. The lowest BCUT2D eigenvalue weighted by Gasteiger charge is -2.26. The van der Waals surface area contributed by atoms with Gasteiger partial charge in [-0.3, -0.25) is 0 Å². The summed E-state index contributed by atoms with van der Waals surface area (Å²) in [7, 11) is -3.32. The first-order valence-electron chi connectivity index (χ1n) is 5.42. The van der Waals surface area contributed by atoms with Crippen LogP contribution in [0.1, 0.15) is 26.2 Å². The van der Waals surface area contributed by atoms with Crippen molar-refractivity contribution in [3.63, 3.8) is 0 Å². The van der Waals surface area contributed by atoms with E-state index in [-0.39, 0.29) is 12.5 Å². The number of rotatable bonds is 5. The Balaban J connectivity index is 2.43. The van der Waals surface area contributed by atoms with Crippen LogP contribution in [0.4, 0.5) is 0 Å². The van der Waals surface area contributed by atoms with Gasteiger partial charge in [0.25, 0.3) is 10.2 Å². The van der Waals surface area contributed by atoms with Gasteiger partial charge in [0.05, 0.1) is 0 Å². The molecular weight excluding hydrogens is 216 g/mol. The highest BCUT2D eigenvalue weighted by Gasteiger charge is 2.23. The van der Waals surface area contributed by atoms with E-state index in [9.17, 15) is 8.42 Å². The van der Waals surface area contributed by atoms with Gasteiger partial charge in [-0.25, -0.2) is 4.72 Å². The van der Waals surface area contributed by atoms with Crippen molar-refractivity contribution in [3.8, 4) is 0 Å². The molecule has 1 unspecified atom stereocenters. The van der Waals surface area contributed by atoms with Gasteiger partial charge < -0.3 is 5.11 Å². The zero-order valence-corrected chi connectivity index (χ0v) is 9.96. The van der Waals surface area contributed by atoms with Crippen molar-refractivity contribution in [1.82, 2.24) is 9.03 Å². The van der Waals surface area contributed by atoms with Crippen molar-refractivity contribution in [2.24, 2.45) is 5.92 Å². The molecule has 1 fully saturated rings. The second-order valence-electron chi connectivity index (χ2n) is 4.10. The summed E-state index contributed by atoms with van der Waals surface area (Å²) in [5.74, 6) is -0.0374. The molecule has 1 heterocycles. The standard InChI is InChI=1S/C9H20N2O3S/c1-9(8-12)7-10-15(13,14)11-5-3-2-4-6-11/h9-10,12H,2-8H2,1H3. The van der Waals surface area contributed by atoms with E-state index in [0.717, 1.165) is 19.3 Å². The number of hydrogen-bond acceptors (Lipinski definition) is 3. The second-order valence-corrected chi connectivity index (χ2v) is 5.86. The Labute approximate surface area is 91.7 Å². The average Bonchev–Trinajstić information content (AvgIpc) is 2.27. The molecule has 0 saturated carbocycles. The maximum atomic E-state index is 11.7. The molecule has 0 amide bonds. The summed E-state index contributed by atoms with van der Waals surface area (Å²) in [6.45, 7) is 3.34. The first kappa shape index (κ1) is 12.9. The summed E-state index contributed by atoms with van der Waals surface area (Å²) in [5, 5.41) is 8.79. The van der Waals surface area contributed by atoms with Gasteiger partial charge in [0.2, 0.25) is 0 Å². The van der Waals surface area contributed by atoms with E-state index in [1.807, 2.05) is 0 Å². The Bertz CT molecular complexity index is 273. The van der Waals surface area contributed by atoms with Crippen molar-refractivity contribution in [2.75, 3.05) is 26.2 Å². The third kappa shape index (κ3) is 4.06. The Morgan fingerprint density at radius 2 is 1.93 bits per heavy atom. The van der Waals surface area contributed by atoms with Gasteiger partial charge in [-0.2, -0.15) is 12.7 Å². The first-order valence-corrected chi connectivity index (χ1v) is 6.86. The Kier molecular flexibility index (Phi) is 4.98. The monoisotopic (exact) mass is 236 g/mol. The van der Waals surface area contributed by atoms with E-state index < -0.39 is 10.2 Å². The van der Waals surface area contributed by atoms with E-state index in [1.54, 1.807) is 6.92 Å². The van der Waals surface area contributed by atoms with Crippen molar-refractivity contribution in [3.05, 3.63) is 0 Å². The zero-order valence-electron chi connectivity index (χ0n) is 9.15. The minimum absolute atomic E-state index is 0.00250. The van der Waals surface area contributed by atoms with E-state index in [4.69, 9.17) is 5.11 Å². The Morgan fingerprint density at radius 3 is 2.47 bits per heavy atom. The molecule has 5 nitrogen and oxygen atoms in total. The molecular formula is C9H20N2O3S. The molecule has 6 heteroatoms. The van der Waals surface area contributed by atoms with E-state index in [2.05, 4.69) is 4.72 Å². The van der Waals surface area contributed by atoms with Gasteiger partial charge in [0, 0.05) is 26.2 Å². The Hall–Kier alpha value is -0.170. The number of aliphatic hydroxyl groups is 1. The van der Waals surface area contributed by atoms with Crippen molar-refractivity contribution in [2.45, 2.75) is 26.2 Å². The second kappa shape index (κ2) is 5.79. The lowest BCUT2D eigenvalue weighted by atomic mass is 10.2. The smallest absolute Gasteiger partial charge is 0.279 e. The molecule has 1 aliphatic heterocycles. The summed E-state index contributed by atoms with van der Waals surface area (Å²) in [4.78, 5) is 0. The SMILES string of the molecule is CC(CO)CNS(=O)(=O)N1CCCCC1. The maximum absolute atomic E-state index is 11.7. The summed E-state index contributed by atoms with van der Waals surface area (Å²) in [6.07, 6.45) is 2.99. The van der Waals surface area contributed by atoms with Gasteiger partial charge >= 0.3 is 0 Å². The molecule has 15 heavy (non-hydrogen) atoms. The largest absolute Gasteiger partial charge is 0.396 e. The molecule has 2 N–H and O–H groups in total. The number of nitrogens with zero attached hydrogens (tertiary/aromatic N) is 1. The molecule has 0 aromatic rings. The van der Waals surface area contributed by atoms with Gasteiger partial charge in [-0.15, -0.1) is 0 Å². The van der Waals surface area contributed by atoms with Crippen LogP contribution in [0, 0.1) is 5.92 Å². The van der Waals surface area contributed by atoms with Crippen LogP contribution in [0.25, 0.3) is 0 Å². The van der Waals surface area contributed by atoms with Crippen LogP contribution in [-0.2, 0) is 10.2 Å². The van der Waals surface area contributed by atoms with Crippen LogP contribution in [0.2, 0.25) is 0 Å². The molecule has 1 saturated heterocycles. The molecule has 90 valence electrons. The molecule has 1 atom stereocenters. The fraction of sp³-hybridized carbons (Fsp3) is 1.00. The molecule has 0 spiro atoms. The van der Waals surface area contributed by atoms with Crippen LogP contribution < -0.4 is 4.72 Å². The van der Waals surface area contributed by atoms with E-state index in [0.29, 0.717) is 19.6 Å². The number of nitrogens with one attached hydrogen (secondary N) is 1. The van der Waals surface area contributed by atoms with Crippen molar-refractivity contribution >= 4 is 10.2 Å². The molecule has 0 bridgehead atoms. The number of aliphatic hydroxyl groups excluding tert-OH is 1. The van der Waals surface area contributed by atoms with Crippen molar-refractivity contribution in [1.29, 1.82) is 0 Å². The van der Waals surface area contributed by atoms with Crippen LogP contribution in [-0.4, -0.2) is 44.1 Å². The van der Waals surface area contributed by atoms with E-state index >= 15 is 0 Å². The van der Waals surface area contributed by atoms with Crippen LogP contribution in [0.5, 0.6) is 0 Å². The molecule has 0 radical (unpaired) electrons. The highest BCUT2D eigenvalue weighted by atomic mass is 32.2. The molecule has 0 aromatic carbocycles. The third-order valence-electron chi connectivity index (χ3n) is 2.58. The van der Waals surface area contributed by atoms with Gasteiger partial charge in [0.1, 0.15) is 0 Å². The normalized spacial score (nSPS) is 21.5. The lowest BCUT2D eigenvalue weighted by molar-refractivity contribution is 0.237. The molecule has 0 aliphatic carbocycles. The van der Waals surface area contributed by atoms with Crippen LogP contribution in [0.15, 0.2) is 0 Å². The predicted octanol–water partition coefficient (Wildman–Crippen LogP) is -0.0649. The van der Waals surface area contributed by atoms with Crippen molar-refractivity contribution < 1.29 is 13.5 Å². The van der Waals surface area contributed by atoms with Gasteiger partial charge in [0.15, 0.2) is 0 Å². The molecule has 1 rings (SSSR count). The van der Waals surface area contributed by atoms with Gasteiger partial charge in [-0.1, -0.05) is 13.3 Å². The summed E-state index contributed by atoms with van der Waals surface area (Å²) in [5.41, 5.74) is 0. The van der Waals surface area contributed by atoms with Crippen LogP contribution >= 0.6 is 0 Å². The summed E-state index contributed by atoms with van der Waals surface area (Å²) >= 11 is 0. The third-order valence-corrected chi connectivity index (χ3v) is 4.16. The lowest BCUT2D eigenvalue weighted by Crippen LogP contribution is -2.44. The van der Waals surface area contributed by atoms with Gasteiger partial charge in [-0.05, 0) is 18.8 Å². The molecule has 1 aliphatic rings. The number of hydrogen-bond donors (Lipinski definition) is 2. The Morgan fingerprint density at radius 1 is 1.33 bits per heavy atom. The fourth-order valence-corrected chi connectivity index (χ4v) is 2.93. The fourth-order valence-electron chi connectivity index (χ4n) is 1.51. The minimum atomic E-state index is -3.32. The summed E-state index contributed by atoms with van der Waals surface area (Å²) < 4.78 is 27.5. The average molecular weight is 236 g/mol. The summed E-state index contributed by atoms with van der Waals surface area (Å²) in [6, 6.07) is 0. The zero-order chi connectivity index (χ0) is 11.3. The first-order chi connectivity index (χ1) is 7.06. The quantitative estimate of drug-likeness (QED) is 0.702.